The van der Waals surface area contributed by atoms with Crippen LogP contribution in [0.25, 0.3) is 0 Å². The quantitative estimate of drug-likeness (QED) is 0.706. The highest BCUT2D eigenvalue weighted by Gasteiger charge is 2.29. The van der Waals surface area contributed by atoms with E-state index in [4.69, 9.17) is 10.7 Å². The van der Waals surface area contributed by atoms with Crippen molar-refractivity contribution in [1.82, 2.24) is 10.3 Å². The van der Waals surface area contributed by atoms with Crippen molar-refractivity contribution in [3.8, 4) is 0 Å². The van der Waals surface area contributed by atoms with Crippen LogP contribution in [0.1, 0.15) is 61.2 Å². The average Bonchev–Trinajstić information content (AvgIpc) is 3.12. The maximum absolute atomic E-state index is 12.5. The van der Waals surface area contributed by atoms with Gasteiger partial charge in [0.05, 0.1) is 10.7 Å². The smallest absolute Gasteiger partial charge is 0.244 e. The lowest BCUT2D eigenvalue weighted by molar-refractivity contribution is -0.126. The average molecular weight is 430 g/mol. The number of hydrogen-bond donors (Lipinski definition) is 2. The van der Waals surface area contributed by atoms with Crippen LogP contribution in [0.15, 0.2) is 35.7 Å². The van der Waals surface area contributed by atoms with Gasteiger partial charge in [0.1, 0.15) is 5.54 Å². The molecule has 27 heavy (non-hydrogen) atoms. The number of hydrogen-bond acceptors (Lipinski definition) is 4. The lowest BCUT2D eigenvalue weighted by Gasteiger charge is -2.24. The number of halogens is 2. The van der Waals surface area contributed by atoms with Crippen LogP contribution in [-0.2, 0) is 16.8 Å². The Morgan fingerprint density at radius 1 is 1.22 bits per heavy atom. The number of benzene rings is 1. The third kappa shape index (κ3) is 6.18. The second kappa shape index (κ2) is 11.0. The van der Waals surface area contributed by atoms with E-state index in [0.717, 1.165) is 17.0 Å². The zero-order chi connectivity index (χ0) is 17.7. The van der Waals surface area contributed by atoms with E-state index >= 15 is 0 Å². The Morgan fingerprint density at radius 2 is 1.89 bits per heavy atom. The van der Waals surface area contributed by atoms with E-state index in [0.29, 0.717) is 12.5 Å². The van der Waals surface area contributed by atoms with Crippen molar-refractivity contribution in [3.63, 3.8) is 0 Å². The summed E-state index contributed by atoms with van der Waals surface area (Å²) in [7, 11) is 0. The van der Waals surface area contributed by atoms with Gasteiger partial charge in [-0.3, -0.25) is 4.79 Å². The van der Waals surface area contributed by atoms with E-state index in [9.17, 15) is 4.79 Å². The number of rotatable bonds is 6. The van der Waals surface area contributed by atoms with Gasteiger partial charge in [-0.05, 0) is 25.3 Å². The molecule has 1 atom stereocenters. The van der Waals surface area contributed by atoms with E-state index < -0.39 is 5.54 Å². The van der Waals surface area contributed by atoms with Crippen LogP contribution in [0.3, 0.4) is 0 Å². The van der Waals surface area contributed by atoms with E-state index in [2.05, 4.69) is 10.7 Å². The van der Waals surface area contributed by atoms with Crippen molar-refractivity contribution in [2.24, 2.45) is 5.73 Å². The van der Waals surface area contributed by atoms with Crippen LogP contribution in [0.5, 0.6) is 0 Å². The van der Waals surface area contributed by atoms with Gasteiger partial charge in [0.15, 0.2) is 0 Å². The molecule has 1 aromatic carbocycles. The molecule has 7 heteroatoms. The van der Waals surface area contributed by atoms with Crippen molar-refractivity contribution in [2.45, 2.75) is 56.9 Å². The summed E-state index contributed by atoms with van der Waals surface area (Å²) in [6, 6.07) is 9.49. The standard InChI is InChI=1S/C20H27N3OS.2ClH/c1-20(21,16-10-6-3-7-11-16)19(24)22-13-12-18-23-17(14-25-18)15-8-4-2-5-9-15;;/h3,6-7,10-11,14-15H,2,4-5,8-9,12-13,21H2,1H3,(H,22,24);2*1H. The summed E-state index contributed by atoms with van der Waals surface area (Å²) in [5.74, 6) is 0.488. The Kier molecular flexibility index (Phi) is 9.74. The molecule has 150 valence electrons. The number of amides is 1. The van der Waals surface area contributed by atoms with Crippen molar-refractivity contribution < 1.29 is 4.79 Å². The van der Waals surface area contributed by atoms with Gasteiger partial charge in [-0.2, -0.15) is 0 Å². The van der Waals surface area contributed by atoms with Crippen LogP contribution in [0.2, 0.25) is 0 Å². The molecule has 3 rings (SSSR count). The SMILES string of the molecule is CC(N)(C(=O)NCCc1nc(C2CCCCC2)cs1)c1ccccc1.Cl.Cl. The molecule has 1 heterocycles. The molecule has 0 bridgehead atoms. The highest BCUT2D eigenvalue weighted by atomic mass is 35.5. The van der Waals surface area contributed by atoms with Gasteiger partial charge < -0.3 is 11.1 Å². The van der Waals surface area contributed by atoms with Gasteiger partial charge in [0, 0.05) is 24.3 Å². The summed E-state index contributed by atoms with van der Waals surface area (Å²) in [5.41, 5.74) is 7.29. The van der Waals surface area contributed by atoms with Crippen LogP contribution >= 0.6 is 36.2 Å². The summed E-state index contributed by atoms with van der Waals surface area (Å²) >= 11 is 1.71. The molecule has 1 fully saturated rings. The lowest BCUT2D eigenvalue weighted by atomic mass is 9.87. The van der Waals surface area contributed by atoms with Gasteiger partial charge >= 0.3 is 0 Å². The van der Waals surface area contributed by atoms with Crippen molar-refractivity contribution in [2.75, 3.05) is 6.54 Å². The number of nitrogens with one attached hydrogen (secondary N) is 1. The molecule has 1 unspecified atom stereocenters. The highest BCUT2D eigenvalue weighted by molar-refractivity contribution is 7.09. The largest absolute Gasteiger partial charge is 0.354 e. The first-order valence-corrected chi connectivity index (χ1v) is 10.0. The first-order valence-electron chi connectivity index (χ1n) is 9.14. The zero-order valence-corrected chi connectivity index (χ0v) is 18.1. The predicted molar refractivity (Wildman–Crippen MR) is 117 cm³/mol. The Hall–Kier alpha value is -1.14. The highest BCUT2D eigenvalue weighted by Crippen LogP contribution is 2.33. The Bertz CT molecular complexity index is 700. The van der Waals surface area contributed by atoms with E-state index in [1.54, 1.807) is 18.3 Å². The summed E-state index contributed by atoms with van der Waals surface area (Å²) in [4.78, 5) is 17.2. The Labute approximate surface area is 178 Å². The predicted octanol–water partition coefficient (Wildman–Crippen LogP) is 4.57. The minimum atomic E-state index is -1.02. The maximum atomic E-state index is 12.5. The summed E-state index contributed by atoms with van der Waals surface area (Å²) in [5, 5.41) is 6.26. The lowest BCUT2D eigenvalue weighted by Crippen LogP contribution is -2.49. The third-order valence-corrected chi connectivity index (χ3v) is 5.99. The Morgan fingerprint density at radius 3 is 2.56 bits per heavy atom. The van der Waals surface area contributed by atoms with Gasteiger partial charge in [0.25, 0.3) is 0 Å². The van der Waals surface area contributed by atoms with Gasteiger partial charge in [-0.15, -0.1) is 36.2 Å². The van der Waals surface area contributed by atoms with Gasteiger partial charge in [-0.1, -0.05) is 49.6 Å². The molecule has 0 spiro atoms. The fourth-order valence-corrected chi connectivity index (χ4v) is 4.29. The number of thiazole rings is 1. The number of aromatic nitrogens is 1. The molecule has 1 aliphatic carbocycles. The summed E-state index contributed by atoms with van der Waals surface area (Å²) in [6.07, 6.45) is 7.29. The third-order valence-electron chi connectivity index (χ3n) is 5.06. The number of carbonyl (C=O) groups excluding carboxylic acids is 1. The first kappa shape index (κ1) is 23.9. The second-order valence-electron chi connectivity index (χ2n) is 7.08. The second-order valence-corrected chi connectivity index (χ2v) is 8.02. The monoisotopic (exact) mass is 429 g/mol. The number of nitrogens with zero attached hydrogens (tertiary/aromatic N) is 1. The zero-order valence-electron chi connectivity index (χ0n) is 15.6. The fourth-order valence-electron chi connectivity index (χ4n) is 3.41. The molecule has 2 aromatic rings. The molecular weight excluding hydrogens is 401 g/mol. The van der Waals surface area contributed by atoms with E-state index in [1.807, 2.05) is 30.3 Å². The molecule has 1 aromatic heterocycles. The van der Waals surface area contributed by atoms with Gasteiger partial charge in [-0.25, -0.2) is 4.98 Å². The molecular formula is C20H29Cl2N3OS. The molecule has 0 aliphatic heterocycles. The number of nitrogens with two attached hydrogens (primary N) is 1. The van der Waals surface area contributed by atoms with E-state index in [1.165, 1.54) is 37.8 Å². The Balaban J connectivity index is 0.00000182. The van der Waals surface area contributed by atoms with Crippen LogP contribution in [0.4, 0.5) is 0 Å². The molecule has 1 saturated carbocycles. The van der Waals surface area contributed by atoms with Crippen molar-refractivity contribution in [1.29, 1.82) is 0 Å². The number of carbonyl (C=O) groups is 1. The van der Waals surface area contributed by atoms with Crippen molar-refractivity contribution >= 4 is 42.1 Å². The minimum absolute atomic E-state index is 0. The van der Waals surface area contributed by atoms with Crippen molar-refractivity contribution in [3.05, 3.63) is 52.0 Å². The van der Waals surface area contributed by atoms with Crippen LogP contribution in [-0.4, -0.2) is 17.4 Å². The molecule has 1 aliphatic rings. The minimum Gasteiger partial charge on any atom is -0.354 e. The normalized spacial score (nSPS) is 16.5. The molecule has 3 N–H and O–H groups in total. The van der Waals surface area contributed by atoms with Gasteiger partial charge in [0.2, 0.25) is 5.91 Å². The molecule has 0 saturated heterocycles. The summed E-state index contributed by atoms with van der Waals surface area (Å²) < 4.78 is 0. The first-order chi connectivity index (χ1) is 12.1. The molecule has 4 nitrogen and oxygen atoms in total. The molecule has 0 radical (unpaired) electrons. The summed E-state index contributed by atoms with van der Waals surface area (Å²) in [6.45, 7) is 2.32. The van der Waals surface area contributed by atoms with Crippen LogP contribution in [0, 0.1) is 0 Å². The fraction of sp³-hybridized carbons (Fsp3) is 0.500. The van der Waals surface area contributed by atoms with E-state index in [-0.39, 0.29) is 30.7 Å². The molecule has 1 amide bonds. The maximum Gasteiger partial charge on any atom is 0.244 e. The topological polar surface area (TPSA) is 68.0 Å². The van der Waals surface area contributed by atoms with Crippen LogP contribution < -0.4 is 11.1 Å².